The number of nitrogens with one attached hydrogen (secondary N) is 1. The number of piperazine rings is 1. The summed E-state index contributed by atoms with van der Waals surface area (Å²) < 4.78 is 23.6. The summed E-state index contributed by atoms with van der Waals surface area (Å²) in [6, 6.07) is 5.41. The number of amides is 1. The van der Waals surface area contributed by atoms with E-state index in [1.807, 2.05) is 19.1 Å². The molecule has 1 amide bonds. The second kappa shape index (κ2) is 11.5. The zero-order valence-corrected chi connectivity index (χ0v) is 27.9. The fourth-order valence-electron chi connectivity index (χ4n) is 9.13. The number of nitrogens with zero attached hydrogens (tertiary/aromatic N) is 6. The van der Waals surface area contributed by atoms with Crippen LogP contribution < -0.4 is 9.64 Å². The zero-order valence-electron chi connectivity index (χ0n) is 27.1. The van der Waals surface area contributed by atoms with Crippen molar-refractivity contribution >= 4 is 45.3 Å². The number of aromatic nitrogens is 4. The average molecular weight is 662 g/mol. The average Bonchev–Trinajstić information content (AvgIpc) is 3.81. The molecule has 10 nitrogen and oxygen atoms in total. The van der Waals surface area contributed by atoms with Gasteiger partial charge in [0.25, 0.3) is 0 Å². The van der Waals surface area contributed by atoms with Crippen molar-refractivity contribution in [3.8, 4) is 17.1 Å². The van der Waals surface area contributed by atoms with E-state index in [0.717, 1.165) is 68.1 Å². The molecular weight excluding hydrogens is 621 g/mol. The lowest BCUT2D eigenvalue weighted by molar-refractivity contribution is 0.107. The molecule has 248 valence electrons. The van der Waals surface area contributed by atoms with Crippen LogP contribution in [0.4, 0.5) is 15.0 Å². The molecule has 2 aromatic carbocycles. The van der Waals surface area contributed by atoms with Crippen molar-refractivity contribution < 1.29 is 19.0 Å². The van der Waals surface area contributed by atoms with Gasteiger partial charge in [0.1, 0.15) is 17.9 Å². The van der Waals surface area contributed by atoms with Crippen molar-refractivity contribution in [2.75, 3.05) is 37.7 Å². The summed E-state index contributed by atoms with van der Waals surface area (Å²) >= 11 is 6.96. The number of anilines is 1. The van der Waals surface area contributed by atoms with Crippen LogP contribution in [0.2, 0.25) is 5.02 Å². The fourth-order valence-corrected chi connectivity index (χ4v) is 9.41. The third kappa shape index (κ3) is 4.91. The van der Waals surface area contributed by atoms with E-state index in [0.29, 0.717) is 48.3 Å². The summed E-state index contributed by atoms with van der Waals surface area (Å²) in [4.78, 5) is 28.0. The van der Waals surface area contributed by atoms with E-state index in [1.54, 1.807) is 17.2 Å². The second-order valence-corrected chi connectivity index (χ2v) is 14.6. The van der Waals surface area contributed by atoms with Gasteiger partial charge in [-0.25, -0.2) is 9.18 Å². The molecule has 0 spiro atoms. The number of halogens is 2. The highest BCUT2D eigenvalue weighted by molar-refractivity contribution is 6.35. The van der Waals surface area contributed by atoms with Crippen LogP contribution in [0.25, 0.3) is 32.9 Å². The second-order valence-electron chi connectivity index (χ2n) is 14.2. The van der Waals surface area contributed by atoms with Crippen LogP contribution in [0.5, 0.6) is 6.01 Å². The molecule has 6 heterocycles. The predicted octanol–water partition coefficient (Wildman–Crippen LogP) is 6.88. The first-order chi connectivity index (χ1) is 22.7. The molecule has 4 fully saturated rings. The minimum atomic E-state index is -0.899. The molecule has 4 aromatic rings. The Morgan fingerprint density at radius 2 is 1.77 bits per heavy atom. The number of benzene rings is 2. The number of hydrogen-bond acceptors (Lipinski definition) is 7. The Hall–Kier alpha value is -3.70. The highest BCUT2D eigenvalue weighted by Gasteiger charge is 2.51. The van der Waals surface area contributed by atoms with E-state index in [2.05, 4.69) is 33.8 Å². The van der Waals surface area contributed by atoms with Gasteiger partial charge in [0.15, 0.2) is 5.82 Å². The highest BCUT2D eigenvalue weighted by Crippen LogP contribution is 2.47. The molecular formula is C35H41ClFN7O3. The molecule has 4 aliphatic rings. The summed E-state index contributed by atoms with van der Waals surface area (Å²) in [7, 11) is 0. The van der Waals surface area contributed by atoms with E-state index in [1.165, 1.54) is 0 Å². The van der Waals surface area contributed by atoms with Gasteiger partial charge < -0.3 is 14.7 Å². The summed E-state index contributed by atoms with van der Waals surface area (Å²) in [6.07, 6.45) is 6.76. The number of carboxylic acid groups (broad SMARTS) is 1. The molecule has 12 heteroatoms. The van der Waals surface area contributed by atoms with Crippen molar-refractivity contribution in [3.63, 3.8) is 0 Å². The Morgan fingerprint density at radius 1 is 1.06 bits per heavy atom. The first-order valence-corrected chi connectivity index (χ1v) is 17.3. The minimum absolute atomic E-state index is 0.0796. The van der Waals surface area contributed by atoms with Gasteiger partial charge >= 0.3 is 12.1 Å². The summed E-state index contributed by atoms with van der Waals surface area (Å²) in [5, 5.41) is 18.6. The smallest absolute Gasteiger partial charge is 0.407 e. The van der Waals surface area contributed by atoms with Gasteiger partial charge in [-0.2, -0.15) is 15.1 Å². The van der Waals surface area contributed by atoms with E-state index in [4.69, 9.17) is 26.3 Å². The van der Waals surface area contributed by atoms with E-state index >= 15 is 4.39 Å². The zero-order chi connectivity index (χ0) is 32.6. The van der Waals surface area contributed by atoms with Crippen LogP contribution in [-0.2, 0) is 0 Å². The number of hydrogen-bond donors (Lipinski definition) is 2. The lowest BCUT2D eigenvalue weighted by Crippen LogP contribution is -2.55. The topological polar surface area (TPSA) is 111 Å². The van der Waals surface area contributed by atoms with Gasteiger partial charge in [0.05, 0.1) is 34.4 Å². The molecule has 2 aromatic heterocycles. The Balaban J connectivity index is 1.24. The lowest BCUT2D eigenvalue weighted by Gasteiger charge is -2.40. The van der Waals surface area contributed by atoms with E-state index < -0.39 is 11.9 Å². The van der Waals surface area contributed by atoms with E-state index in [9.17, 15) is 9.90 Å². The maximum absolute atomic E-state index is 17.1. The molecule has 2 unspecified atom stereocenters. The molecule has 4 aliphatic heterocycles. The molecule has 8 rings (SSSR count). The third-order valence-electron chi connectivity index (χ3n) is 11.5. The molecule has 0 radical (unpaired) electrons. The number of carbonyl (C=O) groups is 1. The minimum Gasteiger partial charge on any atom is -0.465 e. The SMILES string of the molecule is CCC1CN2CC(CC)CC2(COc2nc(N3C[C@H]4CC[C@@H](C3)N4C(=O)O)c3cc(Cl)c(-c4c(C)ccc5[nH]ncc45)c(F)c3n2)C1. The first kappa shape index (κ1) is 30.6. The molecule has 4 saturated heterocycles. The summed E-state index contributed by atoms with van der Waals surface area (Å²) in [5.41, 5.74) is 2.64. The summed E-state index contributed by atoms with van der Waals surface area (Å²) in [6.45, 7) is 9.95. The van der Waals surface area contributed by atoms with E-state index in [-0.39, 0.29) is 39.7 Å². The highest BCUT2D eigenvalue weighted by atomic mass is 35.5. The van der Waals surface area contributed by atoms with Crippen molar-refractivity contribution in [3.05, 3.63) is 40.8 Å². The Labute approximate surface area is 278 Å². The van der Waals surface area contributed by atoms with Crippen LogP contribution in [0.1, 0.15) is 57.9 Å². The van der Waals surface area contributed by atoms with Gasteiger partial charge in [-0.15, -0.1) is 0 Å². The van der Waals surface area contributed by atoms with Crippen LogP contribution >= 0.6 is 11.6 Å². The first-order valence-electron chi connectivity index (χ1n) is 17.0. The quantitative estimate of drug-likeness (QED) is 0.221. The maximum atomic E-state index is 17.1. The number of rotatable bonds is 7. The monoisotopic (exact) mass is 661 g/mol. The molecule has 0 aliphatic carbocycles. The van der Waals surface area contributed by atoms with Crippen LogP contribution in [-0.4, -0.2) is 91.6 Å². The van der Waals surface area contributed by atoms with Gasteiger partial charge in [0, 0.05) is 48.1 Å². The number of H-pyrrole nitrogens is 1. The number of aryl methyl sites for hydroxylation is 1. The normalized spacial score (nSPS) is 27.3. The van der Waals surface area contributed by atoms with Crippen molar-refractivity contribution in [2.45, 2.75) is 76.9 Å². The number of ether oxygens (including phenoxy) is 1. The molecule has 2 bridgehead atoms. The van der Waals surface area contributed by atoms with Crippen molar-refractivity contribution in [2.24, 2.45) is 11.8 Å². The van der Waals surface area contributed by atoms with Gasteiger partial charge in [0.2, 0.25) is 0 Å². The third-order valence-corrected chi connectivity index (χ3v) is 11.8. The standard InChI is InChI=1S/C35H41ClFN7O3/c1-4-20-11-35(12-21(5-2)15-43(35)14-20)18-47-33-39-31-24(32(40-33)42-16-22-7-8-23(17-42)44(22)34(45)46)10-26(36)29(30(31)37)28-19(3)6-9-27-25(28)13-38-41-27/h6,9-10,13,20-23H,4-5,7-8,11-12,14-18H2,1-3H3,(H,38,41)(H,45,46)/t20?,21?,22-,23+,35?. The van der Waals surface area contributed by atoms with Gasteiger partial charge in [-0.3, -0.25) is 14.9 Å². The Bertz CT molecular complexity index is 1850. The maximum Gasteiger partial charge on any atom is 0.407 e. The van der Waals surface area contributed by atoms with Crippen LogP contribution in [0, 0.1) is 24.6 Å². The van der Waals surface area contributed by atoms with Crippen molar-refractivity contribution in [1.29, 1.82) is 0 Å². The van der Waals surface area contributed by atoms with Gasteiger partial charge in [-0.1, -0.05) is 44.4 Å². The Morgan fingerprint density at radius 3 is 2.43 bits per heavy atom. The van der Waals surface area contributed by atoms with Crippen molar-refractivity contribution in [1.82, 2.24) is 30.0 Å². The van der Waals surface area contributed by atoms with Crippen LogP contribution in [0.15, 0.2) is 24.4 Å². The Kier molecular flexibility index (Phi) is 7.48. The molecule has 2 N–H and O–H groups in total. The van der Waals surface area contributed by atoms with Gasteiger partial charge in [-0.05, 0) is 62.1 Å². The largest absolute Gasteiger partial charge is 0.465 e. The molecule has 4 atom stereocenters. The number of fused-ring (bicyclic) bond motifs is 5. The summed E-state index contributed by atoms with van der Waals surface area (Å²) in [5.74, 6) is 1.24. The molecule has 0 saturated carbocycles. The lowest BCUT2D eigenvalue weighted by atomic mass is 9.86. The van der Waals surface area contributed by atoms with Crippen LogP contribution in [0.3, 0.4) is 0 Å². The number of aromatic amines is 1. The predicted molar refractivity (Wildman–Crippen MR) is 180 cm³/mol. The molecule has 47 heavy (non-hydrogen) atoms. The fraction of sp³-hybridized carbons (Fsp3) is 0.543.